The molecule has 2 aromatic carbocycles. The number of nitro groups is 1. The van der Waals surface area contributed by atoms with E-state index in [4.69, 9.17) is 0 Å². The molecular formula is C17H20N4O3. The number of hydrogen-bond donors (Lipinski definition) is 2. The van der Waals surface area contributed by atoms with Gasteiger partial charge in [-0.15, -0.1) is 0 Å². The Hall–Kier alpha value is -3.09. The molecule has 0 fully saturated rings. The molecule has 0 aliphatic rings. The van der Waals surface area contributed by atoms with Crippen molar-refractivity contribution in [1.82, 2.24) is 5.32 Å². The first-order valence-corrected chi connectivity index (χ1v) is 7.52. The van der Waals surface area contributed by atoms with E-state index < -0.39 is 4.92 Å². The molecular weight excluding hydrogens is 308 g/mol. The second-order valence-electron chi connectivity index (χ2n) is 5.40. The molecule has 0 saturated heterocycles. The zero-order valence-corrected chi connectivity index (χ0v) is 13.7. The maximum Gasteiger partial charge on any atom is 0.292 e. The van der Waals surface area contributed by atoms with E-state index in [0.717, 1.165) is 5.69 Å². The smallest absolute Gasteiger partial charge is 0.292 e. The maximum atomic E-state index is 12.1. The Labute approximate surface area is 140 Å². The van der Waals surface area contributed by atoms with Crippen molar-refractivity contribution in [2.75, 3.05) is 37.4 Å². The van der Waals surface area contributed by atoms with Gasteiger partial charge in [0.1, 0.15) is 5.69 Å². The van der Waals surface area contributed by atoms with Crippen LogP contribution in [-0.2, 0) is 0 Å². The topological polar surface area (TPSA) is 87.5 Å². The van der Waals surface area contributed by atoms with Gasteiger partial charge in [-0.1, -0.05) is 18.2 Å². The number of nitro benzene ring substituents is 1. The SMILES string of the molecule is CN(C)c1cccc(C(=O)NCCNc2ccccc2[N+](=O)[O-])c1. The van der Waals surface area contributed by atoms with Crippen LogP contribution >= 0.6 is 0 Å². The predicted octanol–water partition coefficient (Wildman–Crippen LogP) is 2.50. The van der Waals surface area contributed by atoms with Gasteiger partial charge in [-0.05, 0) is 24.3 Å². The number of rotatable bonds is 7. The quantitative estimate of drug-likeness (QED) is 0.463. The number of benzene rings is 2. The molecule has 126 valence electrons. The van der Waals surface area contributed by atoms with Crippen LogP contribution in [-0.4, -0.2) is 38.0 Å². The van der Waals surface area contributed by atoms with Gasteiger partial charge in [0, 0.05) is 44.5 Å². The van der Waals surface area contributed by atoms with Crippen molar-refractivity contribution >= 4 is 23.0 Å². The lowest BCUT2D eigenvalue weighted by Crippen LogP contribution is -2.29. The van der Waals surface area contributed by atoms with Gasteiger partial charge >= 0.3 is 0 Å². The Bertz CT molecular complexity index is 731. The van der Waals surface area contributed by atoms with Gasteiger partial charge in [0.25, 0.3) is 11.6 Å². The molecule has 7 heteroatoms. The van der Waals surface area contributed by atoms with Gasteiger partial charge in [0.15, 0.2) is 0 Å². The molecule has 0 atom stereocenters. The van der Waals surface area contributed by atoms with Gasteiger partial charge in [-0.3, -0.25) is 14.9 Å². The normalized spacial score (nSPS) is 10.1. The number of nitrogens with zero attached hydrogens (tertiary/aromatic N) is 2. The lowest BCUT2D eigenvalue weighted by molar-refractivity contribution is -0.384. The summed E-state index contributed by atoms with van der Waals surface area (Å²) in [5.41, 5.74) is 1.97. The Balaban J connectivity index is 1.88. The number of amides is 1. The fourth-order valence-corrected chi connectivity index (χ4v) is 2.18. The molecule has 0 aliphatic carbocycles. The molecule has 0 heterocycles. The minimum absolute atomic E-state index is 0.0162. The van der Waals surface area contributed by atoms with Crippen LogP contribution in [0.5, 0.6) is 0 Å². The van der Waals surface area contributed by atoms with Crippen LogP contribution in [0.15, 0.2) is 48.5 Å². The summed E-state index contributed by atoms with van der Waals surface area (Å²) in [5.74, 6) is -0.178. The van der Waals surface area contributed by atoms with Gasteiger partial charge < -0.3 is 15.5 Å². The average molecular weight is 328 g/mol. The Morgan fingerprint density at radius 2 is 1.88 bits per heavy atom. The number of nitrogens with one attached hydrogen (secondary N) is 2. The van der Waals surface area contributed by atoms with Crippen LogP contribution < -0.4 is 15.5 Å². The van der Waals surface area contributed by atoms with Crippen molar-refractivity contribution < 1.29 is 9.72 Å². The minimum atomic E-state index is -0.437. The molecule has 7 nitrogen and oxygen atoms in total. The van der Waals surface area contributed by atoms with Crippen LogP contribution in [0.2, 0.25) is 0 Å². The van der Waals surface area contributed by atoms with E-state index in [1.807, 2.05) is 37.2 Å². The summed E-state index contributed by atoms with van der Waals surface area (Å²) in [4.78, 5) is 24.6. The molecule has 2 rings (SSSR count). The van der Waals surface area contributed by atoms with E-state index >= 15 is 0 Å². The highest BCUT2D eigenvalue weighted by Gasteiger charge is 2.11. The summed E-state index contributed by atoms with van der Waals surface area (Å²) in [6, 6.07) is 13.7. The lowest BCUT2D eigenvalue weighted by Gasteiger charge is -2.13. The summed E-state index contributed by atoms with van der Waals surface area (Å²) in [5, 5.41) is 16.7. The number of hydrogen-bond acceptors (Lipinski definition) is 5. The maximum absolute atomic E-state index is 12.1. The monoisotopic (exact) mass is 328 g/mol. The third kappa shape index (κ3) is 4.45. The molecule has 24 heavy (non-hydrogen) atoms. The standard InChI is InChI=1S/C17H20N4O3/c1-20(2)14-7-5-6-13(12-14)17(22)19-11-10-18-15-8-3-4-9-16(15)21(23)24/h3-9,12,18H,10-11H2,1-2H3,(H,19,22). The Morgan fingerprint density at radius 3 is 2.58 bits per heavy atom. The summed E-state index contributed by atoms with van der Waals surface area (Å²) in [6.45, 7) is 0.751. The van der Waals surface area contributed by atoms with Crippen LogP contribution in [0.4, 0.5) is 17.1 Å². The van der Waals surface area contributed by atoms with Crippen molar-refractivity contribution in [3.05, 3.63) is 64.2 Å². The summed E-state index contributed by atoms with van der Waals surface area (Å²) < 4.78 is 0. The first kappa shape index (κ1) is 17.3. The van der Waals surface area contributed by atoms with Crippen molar-refractivity contribution in [3.8, 4) is 0 Å². The van der Waals surface area contributed by atoms with Crippen LogP contribution in [0, 0.1) is 10.1 Å². The third-order valence-corrected chi connectivity index (χ3v) is 3.45. The van der Waals surface area contributed by atoms with E-state index in [1.54, 1.807) is 24.3 Å². The number of anilines is 2. The highest BCUT2D eigenvalue weighted by atomic mass is 16.6. The highest BCUT2D eigenvalue weighted by Crippen LogP contribution is 2.22. The molecule has 2 N–H and O–H groups in total. The van der Waals surface area contributed by atoms with Crippen LogP contribution in [0.25, 0.3) is 0 Å². The zero-order valence-electron chi connectivity index (χ0n) is 13.7. The fraction of sp³-hybridized carbons (Fsp3) is 0.235. The highest BCUT2D eigenvalue weighted by molar-refractivity contribution is 5.95. The lowest BCUT2D eigenvalue weighted by atomic mass is 10.2. The zero-order chi connectivity index (χ0) is 17.5. The molecule has 0 radical (unpaired) electrons. The molecule has 0 unspecified atom stereocenters. The predicted molar refractivity (Wildman–Crippen MR) is 94.7 cm³/mol. The second kappa shape index (κ2) is 7.96. The van der Waals surface area contributed by atoms with E-state index in [-0.39, 0.29) is 11.6 Å². The van der Waals surface area contributed by atoms with E-state index in [9.17, 15) is 14.9 Å². The van der Waals surface area contributed by atoms with Gasteiger partial charge in [0.2, 0.25) is 0 Å². The number of carbonyl (C=O) groups is 1. The van der Waals surface area contributed by atoms with Gasteiger partial charge in [-0.25, -0.2) is 0 Å². The van der Waals surface area contributed by atoms with E-state index in [2.05, 4.69) is 10.6 Å². The number of carbonyl (C=O) groups excluding carboxylic acids is 1. The Morgan fingerprint density at radius 1 is 1.12 bits per heavy atom. The first-order chi connectivity index (χ1) is 11.5. The molecule has 0 bridgehead atoms. The van der Waals surface area contributed by atoms with E-state index in [1.165, 1.54) is 6.07 Å². The summed E-state index contributed by atoms with van der Waals surface area (Å²) >= 11 is 0. The first-order valence-electron chi connectivity index (χ1n) is 7.52. The van der Waals surface area contributed by atoms with Gasteiger partial charge in [0.05, 0.1) is 4.92 Å². The van der Waals surface area contributed by atoms with Crippen LogP contribution in [0.3, 0.4) is 0 Å². The van der Waals surface area contributed by atoms with Crippen LogP contribution in [0.1, 0.15) is 10.4 Å². The molecule has 1 amide bonds. The summed E-state index contributed by atoms with van der Waals surface area (Å²) in [7, 11) is 3.82. The second-order valence-corrected chi connectivity index (χ2v) is 5.40. The molecule has 2 aromatic rings. The largest absolute Gasteiger partial charge is 0.378 e. The fourth-order valence-electron chi connectivity index (χ4n) is 2.18. The van der Waals surface area contributed by atoms with Crippen molar-refractivity contribution in [1.29, 1.82) is 0 Å². The molecule has 0 aromatic heterocycles. The molecule has 0 spiro atoms. The Kier molecular flexibility index (Phi) is 5.73. The van der Waals surface area contributed by atoms with Crippen molar-refractivity contribution in [2.24, 2.45) is 0 Å². The number of para-hydroxylation sites is 2. The average Bonchev–Trinajstić information content (AvgIpc) is 2.58. The van der Waals surface area contributed by atoms with E-state index in [0.29, 0.717) is 24.3 Å². The summed E-state index contributed by atoms with van der Waals surface area (Å²) in [6.07, 6.45) is 0. The molecule has 0 saturated carbocycles. The third-order valence-electron chi connectivity index (χ3n) is 3.45. The minimum Gasteiger partial charge on any atom is -0.378 e. The van der Waals surface area contributed by atoms with Gasteiger partial charge in [-0.2, -0.15) is 0 Å². The van der Waals surface area contributed by atoms with Crippen molar-refractivity contribution in [2.45, 2.75) is 0 Å². The van der Waals surface area contributed by atoms with Crippen molar-refractivity contribution in [3.63, 3.8) is 0 Å². The molecule has 0 aliphatic heterocycles.